The molecule has 0 aliphatic carbocycles. The maximum Gasteiger partial charge on any atom is 0.261 e. The van der Waals surface area contributed by atoms with Gasteiger partial charge in [0.2, 0.25) is 0 Å². The van der Waals surface area contributed by atoms with Crippen LogP contribution in [-0.2, 0) is 9.05 Å². The largest absolute Gasteiger partial charge is 0.261 e. The molecule has 0 unspecified atom stereocenters. The third-order valence-corrected chi connectivity index (χ3v) is 3.77. The molecule has 0 amide bonds. The van der Waals surface area contributed by atoms with E-state index in [0.29, 0.717) is 16.8 Å². The van der Waals surface area contributed by atoms with Crippen LogP contribution in [0, 0.1) is 6.92 Å². The van der Waals surface area contributed by atoms with Crippen molar-refractivity contribution in [2.45, 2.75) is 11.8 Å². The summed E-state index contributed by atoms with van der Waals surface area (Å²) in [6, 6.07) is 4.98. The number of aryl methyl sites for hydroxylation is 1. The summed E-state index contributed by atoms with van der Waals surface area (Å²) in [7, 11) is 1.62. The average Bonchev–Trinajstić information content (AvgIpc) is 2.29. The molecule has 0 aliphatic heterocycles. The van der Waals surface area contributed by atoms with E-state index in [1.165, 1.54) is 6.07 Å². The van der Waals surface area contributed by atoms with E-state index in [2.05, 4.69) is 9.97 Å². The van der Waals surface area contributed by atoms with Gasteiger partial charge in [-0.15, -0.1) is 0 Å². The summed E-state index contributed by atoms with van der Waals surface area (Å²) in [6.07, 6.45) is 4.66. The first kappa shape index (κ1) is 12.0. The Labute approximate surface area is 104 Å². The molecule has 4 nitrogen and oxygen atoms in total. The van der Waals surface area contributed by atoms with Gasteiger partial charge in [-0.2, -0.15) is 0 Å². The molecule has 0 atom stereocenters. The topological polar surface area (TPSA) is 59.9 Å². The molecule has 0 bridgehead atoms. The molecule has 6 heteroatoms. The highest BCUT2D eigenvalue weighted by Gasteiger charge is 2.14. The molecule has 0 radical (unpaired) electrons. The lowest BCUT2D eigenvalue weighted by Crippen LogP contribution is -1.95. The molecule has 1 heterocycles. The van der Waals surface area contributed by atoms with Crippen molar-refractivity contribution in [1.29, 1.82) is 0 Å². The van der Waals surface area contributed by atoms with Crippen molar-refractivity contribution >= 4 is 19.7 Å². The predicted octanol–water partition coefficient (Wildman–Crippen LogP) is 2.38. The zero-order valence-electron chi connectivity index (χ0n) is 8.96. The Kier molecular flexibility index (Phi) is 3.13. The second-order valence-corrected chi connectivity index (χ2v) is 6.04. The minimum atomic E-state index is -3.74. The van der Waals surface area contributed by atoms with E-state index in [1.54, 1.807) is 37.6 Å². The van der Waals surface area contributed by atoms with Crippen molar-refractivity contribution in [2.24, 2.45) is 0 Å². The Morgan fingerprint density at radius 1 is 1.24 bits per heavy atom. The van der Waals surface area contributed by atoms with Crippen molar-refractivity contribution < 1.29 is 8.42 Å². The number of hydrogen-bond acceptors (Lipinski definition) is 4. The standard InChI is InChI=1S/C11H9ClN2O2S/c1-8-2-3-9(6-11(8)17(12,15)16)10-7-13-4-5-14-10/h2-7H,1H3. The number of rotatable bonds is 2. The van der Waals surface area contributed by atoms with E-state index < -0.39 is 9.05 Å². The summed E-state index contributed by atoms with van der Waals surface area (Å²) >= 11 is 0. The van der Waals surface area contributed by atoms with Crippen molar-refractivity contribution in [2.75, 3.05) is 0 Å². The van der Waals surface area contributed by atoms with Crippen molar-refractivity contribution in [1.82, 2.24) is 9.97 Å². The third kappa shape index (κ3) is 2.62. The predicted molar refractivity (Wildman–Crippen MR) is 65.2 cm³/mol. The van der Waals surface area contributed by atoms with Crippen LogP contribution in [0.2, 0.25) is 0 Å². The lowest BCUT2D eigenvalue weighted by atomic mass is 10.1. The van der Waals surface area contributed by atoms with Gasteiger partial charge >= 0.3 is 0 Å². The van der Waals surface area contributed by atoms with Gasteiger partial charge in [0.15, 0.2) is 0 Å². The molecule has 0 N–H and O–H groups in total. The third-order valence-electron chi connectivity index (χ3n) is 2.31. The molecule has 0 saturated heterocycles. The van der Waals surface area contributed by atoms with E-state index in [9.17, 15) is 8.42 Å². The fourth-order valence-electron chi connectivity index (χ4n) is 1.47. The first-order valence-electron chi connectivity index (χ1n) is 4.80. The first-order valence-corrected chi connectivity index (χ1v) is 7.11. The molecule has 0 aliphatic rings. The Morgan fingerprint density at radius 3 is 2.59 bits per heavy atom. The molecular formula is C11H9ClN2O2S. The van der Waals surface area contributed by atoms with Crippen LogP contribution in [0.25, 0.3) is 11.3 Å². The van der Waals surface area contributed by atoms with Gasteiger partial charge in [-0.05, 0) is 18.6 Å². The molecule has 88 valence electrons. The SMILES string of the molecule is Cc1ccc(-c2cnccn2)cc1S(=O)(=O)Cl. The van der Waals surface area contributed by atoms with Gasteiger partial charge in [0.05, 0.1) is 16.8 Å². The fourth-order valence-corrected chi connectivity index (χ4v) is 2.69. The summed E-state index contributed by atoms with van der Waals surface area (Å²) in [5.41, 5.74) is 1.88. The molecule has 0 spiro atoms. The van der Waals surface area contributed by atoms with Crippen LogP contribution in [-0.4, -0.2) is 18.4 Å². The molecule has 2 aromatic rings. The van der Waals surface area contributed by atoms with E-state index in [-0.39, 0.29) is 4.90 Å². The smallest absolute Gasteiger partial charge is 0.261 e. The van der Waals surface area contributed by atoms with Gasteiger partial charge in [0.1, 0.15) is 0 Å². The molecule has 1 aromatic heterocycles. The maximum absolute atomic E-state index is 11.4. The molecule has 2 rings (SSSR count). The van der Waals surface area contributed by atoms with Crippen LogP contribution in [0.1, 0.15) is 5.56 Å². The van der Waals surface area contributed by atoms with Crippen LogP contribution in [0.15, 0.2) is 41.7 Å². The van der Waals surface area contributed by atoms with Crippen molar-refractivity contribution in [3.8, 4) is 11.3 Å². The lowest BCUT2D eigenvalue weighted by Gasteiger charge is -2.05. The van der Waals surface area contributed by atoms with E-state index in [0.717, 1.165) is 0 Å². The highest BCUT2D eigenvalue weighted by atomic mass is 35.7. The second-order valence-electron chi connectivity index (χ2n) is 3.51. The Bertz CT molecular complexity index is 642. The molecule has 17 heavy (non-hydrogen) atoms. The quantitative estimate of drug-likeness (QED) is 0.785. The summed E-state index contributed by atoms with van der Waals surface area (Å²) in [5.74, 6) is 0. The van der Waals surface area contributed by atoms with Gasteiger partial charge in [0, 0.05) is 28.6 Å². The maximum atomic E-state index is 11.4. The normalized spacial score (nSPS) is 11.4. The number of hydrogen-bond donors (Lipinski definition) is 0. The summed E-state index contributed by atoms with van der Waals surface area (Å²) in [5, 5.41) is 0. The summed E-state index contributed by atoms with van der Waals surface area (Å²) in [6.45, 7) is 1.69. The number of halogens is 1. The minimum absolute atomic E-state index is 0.0994. The Morgan fingerprint density at radius 2 is 2.00 bits per heavy atom. The summed E-state index contributed by atoms with van der Waals surface area (Å²) < 4.78 is 22.7. The van der Waals surface area contributed by atoms with E-state index in [4.69, 9.17) is 10.7 Å². The molecular weight excluding hydrogens is 260 g/mol. The van der Waals surface area contributed by atoms with Gasteiger partial charge < -0.3 is 0 Å². The average molecular weight is 269 g/mol. The highest BCUT2D eigenvalue weighted by Crippen LogP contribution is 2.25. The van der Waals surface area contributed by atoms with E-state index in [1.807, 2.05) is 0 Å². The van der Waals surface area contributed by atoms with Crippen LogP contribution >= 0.6 is 10.7 Å². The van der Waals surface area contributed by atoms with Crippen molar-refractivity contribution in [3.05, 3.63) is 42.4 Å². The van der Waals surface area contributed by atoms with Gasteiger partial charge in [-0.1, -0.05) is 12.1 Å². The highest BCUT2D eigenvalue weighted by molar-refractivity contribution is 8.13. The lowest BCUT2D eigenvalue weighted by molar-refractivity contribution is 0.609. The Hall–Kier alpha value is -1.46. The Balaban J connectivity index is 2.61. The van der Waals surface area contributed by atoms with Crippen molar-refractivity contribution in [3.63, 3.8) is 0 Å². The summed E-state index contributed by atoms with van der Waals surface area (Å²) in [4.78, 5) is 8.13. The number of benzene rings is 1. The first-order chi connectivity index (χ1) is 7.98. The molecule has 0 fully saturated rings. The van der Waals surface area contributed by atoms with E-state index >= 15 is 0 Å². The van der Waals surface area contributed by atoms with Gasteiger partial charge in [-0.25, -0.2) is 8.42 Å². The zero-order chi connectivity index (χ0) is 12.5. The van der Waals surface area contributed by atoms with Gasteiger partial charge in [-0.3, -0.25) is 9.97 Å². The van der Waals surface area contributed by atoms with Gasteiger partial charge in [0.25, 0.3) is 9.05 Å². The fraction of sp³-hybridized carbons (Fsp3) is 0.0909. The van der Waals surface area contributed by atoms with Crippen LogP contribution in [0.3, 0.4) is 0 Å². The minimum Gasteiger partial charge on any atom is -0.261 e. The van der Waals surface area contributed by atoms with Crippen LogP contribution < -0.4 is 0 Å². The molecule has 1 aromatic carbocycles. The number of nitrogens with zero attached hydrogens (tertiary/aromatic N) is 2. The molecule has 0 saturated carbocycles. The number of aromatic nitrogens is 2. The monoisotopic (exact) mass is 268 g/mol. The van der Waals surface area contributed by atoms with Crippen LogP contribution in [0.4, 0.5) is 0 Å². The van der Waals surface area contributed by atoms with Crippen LogP contribution in [0.5, 0.6) is 0 Å². The zero-order valence-corrected chi connectivity index (χ0v) is 10.5. The second kappa shape index (κ2) is 4.43.